The van der Waals surface area contributed by atoms with Crippen LogP contribution in [0.15, 0.2) is 23.1 Å². The van der Waals surface area contributed by atoms with E-state index >= 15 is 0 Å². The molecule has 1 rings (SSSR count). The zero-order chi connectivity index (χ0) is 15.3. The van der Waals surface area contributed by atoms with Crippen LogP contribution in [-0.4, -0.2) is 39.3 Å². The number of hydrogen-bond acceptors (Lipinski definition) is 3. The quantitative estimate of drug-likeness (QED) is 0.855. The van der Waals surface area contributed by atoms with Gasteiger partial charge in [0.05, 0.1) is 18.1 Å². The predicted molar refractivity (Wildman–Crippen MR) is 73.2 cm³/mol. The molecular weight excluding hydrogens is 310 g/mol. The summed E-state index contributed by atoms with van der Waals surface area (Å²) in [5.41, 5.74) is 5.72. The van der Waals surface area contributed by atoms with Gasteiger partial charge in [-0.05, 0) is 18.2 Å². The van der Waals surface area contributed by atoms with Crippen molar-refractivity contribution < 1.29 is 17.2 Å². The molecule has 0 saturated carbocycles. The van der Waals surface area contributed by atoms with Crippen LogP contribution >= 0.6 is 11.6 Å². The molecule has 1 aromatic carbocycles. The number of rotatable bonds is 4. The monoisotopic (exact) mass is 322 g/mol. The van der Waals surface area contributed by atoms with Gasteiger partial charge in [0.15, 0.2) is 0 Å². The van der Waals surface area contributed by atoms with Gasteiger partial charge in [0.25, 0.3) is 6.43 Å². The second-order valence-electron chi connectivity index (χ2n) is 3.83. The molecule has 0 fully saturated rings. The van der Waals surface area contributed by atoms with Gasteiger partial charge in [-0.15, -0.1) is 0 Å². The van der Waals surface area contributed by atoms with Crippen LogP contribution in [0.4, 0.5) is 8.78 Å². The van der Waals surface area contributed by atoms with Crippen molar-refractivity contribution in [2.24, 2.45) is 5.73 Å². The fourth-order valence-electron chi connectivity index (χ4n) is 1.40. The van der Waals surface area contributed by atoms with Crippen molar-refractivity contribution in [3.05, 3.63) is 28.8 Å². The van der Waals surface area contributed by atoms with E-state index in [1.54, 1.807) is 0 Å². The molecule has 0 radical (unpaired) electrons. The summed E-state index contributed by atoms with van der Waals surface area (Å²) < 4.78 is 49.2. The normalized spacial score (nSPS) is 11.6. The number of alkyl halides is 2. The van der Waals surface area contributed by atoms with E-state index in [2.05, 4.69) is 11.8 Å². The largest absolute Gasteiger partial charge is 0.320 e. The third-order valence-electron chi connectivity index (χ3n) is 2.35. The molecule has 0 aliphatic carbocycles. The number of hydrogen-bond donors (Lipinski definition) is 1. The lowest BCUT2D eigenvalue weighted by atomic mass is 10.2. The summed E-state index contributed by atoms with van der Waals surface area (Å²) in [7, 11) is -2.98. The zero-order valence-electron chi connectivity index (χ0n) is 10.6. The maximum Gasteiger partial charge on any atom is 0.252 e. The van der Waals surface area contributed by atoms with Gasteiger partial charge in [-0.1, -0.05) is 23.4 Å². The first-order valence-electron chi connectivity index (χ1n) is 5.52. The fourth-order valence-corrected chi connectivity index (χ4v) is 3.06. The van der Waals surface area contributed by atoms with E-state index in [1.807, 2.05) is 0 Å². The Morgan fingerprint density at radius 2 is 2.10 bits per heavy atom. The van der Waals surface area contributed by atoms with Crippen LogP contribution in [0, 0.1) is 11.8 Å². The number of nitrogens with two attached hydrogens (primary N) is 1. The number of benzene rings is 1. The first-order chi connectivity index (χ1) is 9.28. The molecule has 8 heteroatoms. The van der Waals surface area contributed by atoms with E-state index in [-0.39, 0.29) is 16.5 Å². The summed E-state index contributed by atoms with van der Waals surface area (Å²) in [5, 5.41) is -0.0741. The Bertz CT molecular complexity index is 639. The van der Waals surface area contributed by atoms with Gasteiger partial charge < -0.3 is 5.73 Å². The SMILES string of the molecule is CN(CC(F)F)S(=O)(=O)c1ccc(C#CCN)cc1Cl. The van der Waals surface area contributed by atoms with Crippen molar-refractivity contribution in [2.75, 3.05) is 20.1 Å². The van der Waals surface area contributed by atoms with Gasteiger partial charge in [0.2, 0.25) is 10.0 Å². The van der Waals surface area contributed by atoms with Crippen LogP contribution < -0.4 is 5.73 Å². The Kier molecular flexibility index (Phi) is 5.89. The van der Waals surface area contributed by atoms with Crippen LogP contribution in [0.25, 0.3) is 0 Å². The van der Waals surface area contributed by atoms with E-state index in [4.69, 9.17) is 17.3 Å². The van der Waals surface area contributed by atoms with Crippen LogP contribution in [0.2, 0.25) is 5.02 Å². The summed E-state index contributed by atoms with van der Waals surface area (Å²) in [6.07, 6.45) is -2.76. The standard InChI is InChI=1S/C12H13ClF2N2O2S/c1-17(8-12(14)15)20(18,19)11-5-4-9(3-2-6-16)7-10(11)13/h4-5,7,12H,6,8,16H2,1H3. The van der Waals surface area contributed by atoms with E-state index < -0.39 is 23.0 Å². The summed E-state index contributed by atoms with van der Waals surface area (Å²) >= 11 is 5.88. The van der Waals surface area contributed by atoms with Gasteiger partial charge in [0.1, 0.15) is 4.90 Å². The van der Waals surface area contributed by atoms with E-state index in [0.717, 1.165) is 7.05 Å². The lowest BCUT2D eigenvalue weighted by molar-refractivity contribution is 0.126. The second-order valence-corrected chi connectivity index (χ2v) is 6.25. The first kappa shape index (κ1) is 16.9. The molecule has 0 aliphatic heterocycles. The van der Waals surface area contributed by atoms with Gasteiger partial charge in [-0.3, -0.25) is 0 Å². The minimum atomic E-state index is -4.05. The lowest BCUT2D eigenvalue weighted by Crippen LogP contribution is -2.31. The van der Waals surface area contributed by atoms with Crippen LogP contribution in [-0.2, 0) is 10.0 Å². The number of halogens is 3. The molecule has 0 heterocycles. The second kappa shape index (κ2) is 6.99. The Labute approximate surface area is 121 Å². The molecular formula is C12H13ClF2N2O2S. The molecule has 4 nitrogen and oxygen atoms in total. The highest BCUT2D eigenvalue weighted by molar-refractivity contribution is 7.89. The van der Waals surface area contributed by atoms with Crippen LogP contribution in [0.3, 0.4) is 0 Å². The molecule has 0 unspecified atom stereocenters. The average Bonchev–Trinajstić information content (AvgIpc) is 2.35. The van der Waals surface area contributed by atoms with Gasteiger partial charge >= 0.3 is 0 Å². The summed E-state index contributed by atoms with van der Waals surface area (Å²) in [5.74, 6) is 5.30. The van der Waals surface area contributed by atoms with E-state index in [9.17, 15) is 17.2 Å². The topological polar surface area (TPSA) is 63.4 Å². The summed E-state index contributed by atoms with van der Waals surface area (Å²) in [6.45, 7) is -0.734. The molecule has 0 aromatic heterocycles. The Morgan fingerprint density at radius 1 is 1.45 bits per heavy atom. The molecule has 0 atom stereocenters. The smallest absolute Gasteiger partial charge is 0.252 e. The molecule has 110 valence electrons. The number of nitrogens with zero attached hydrogens (tertiary/aromatic N) is 1. The van der Waals surface area contributed by atoms with Crippen molar-refractivity contribution >= 4 is 21.6 Å². The third kappa shape index (κ3) is 4.15. The molecule has 0 spiro atoms. The van der Waals surface area contributed by atoms with E-state index in [1.165, 1.54) is 18.2 Å². The van der Waals surface area contributed by atoms with Crippen molar-refractivity contribution in [3.63, 3.8) is 0 Å². The molecule has 1 aromatic rings. The lowest BCUT2D eigenvalue weighted by Gasteiger charge is -2.17. The van der Waals surface area contributed by atoms with Crippen molar-refractivity contribution in [1.29, 1.82) is 0 Å². The fraction of sp³-hybridized carbons (Fsp3) is 0.333. The van der Waals surface area contributed by atoms with Crippen LogP contribution in [0.5, 0.6) is 0 Å². The molecule has 0 saturated heterocycles. The van der Waals surface area contributed by atoms with Gasteiger partial charge in [0, 0.05) is 12.6 Å². The summed E-state index contributed by atoms with van der Waals surface area (Å²) in [6, 6.07) is 4.03. The molecule has 0 bridgehead atoms. The maximum absolute atomic E-state index is 12.3. The minimum absolute atomic E-state index is 0.0741. The Hall–Kier alpha value is -1.20. The third-order valence-corrected chi connectivity index (χ3v) is 4.66. The maximum atomic E-state index is 12.3. The molecule has 20 heavy (non-hydrogen) atoms. The first-order valence-corrected chi connectivity index (χ1v) is 7.34. The van der Waals surface area contributed by atoms with Gasteiger partial charge in [-0.25, -0.2) is 17.2 Å². The van der Waals surface area contributed by atoms with Crippen molar-refractivity contribution in [2.45, 2.75) is 11.3 Å². The average molecular weight is 323 g/mol. The van der Waals surface area contributed by atoms with Gasteiger partial charge in [-0.2, -0.15) is 4.31 Å². The van der Waals surface area contributed by atoms with Crippen molar-refractivity contribution in [3.8, 4) is 11.8 Å². The van der Waals surface area contributed by atoms with Crippen molar-refractivity contribution in [1.82, 2.24) is 4.31 Å². The Balaban J connectivity index is 3.14. The Morgan fingerprint density at radius 3 is 2.60 bits per heavy atom. The molecule has 0 aliphatic rings. The van der Waals surface area contributed by atoms with Crippen LogP contribution in [0.1, 0.15) is 5.56 Å². The summed E-state index contributed by atoms with van der Waals surface area (Å²) in [4.78, 5) is -0.236. The number of sulfonamides is 1. The minimum Gasteiger partial charge on any atom is -0.320 e. The predicted octanol–water partition coefficient (Wildman–Crippen LogP) is 1.54. The molecule has 2 N–H and O–H groups in total. The highest BCUT2D eigenvalue weighted by Gasteiger charge is 2.25. The highest BCUT2D eigenvalue weighted by atomic mass is 35.5. The molecule has 0 amide bonds. The van der Waals surface area contributed by atoms with E-state index in [0.29, 0.717) is 9.87 Å². The zero-order valence-corrected chi connectivity index (χ0v) is 12.2. The highest BCUT2D eigenvalue weighted by Crippen LogP contribution is 2.25.